The third-order valence-corrected chi connectivity index (χ3v) is 3.43. The Balaban J connectivity index is 1.97. The molecular formula is C14H15NO3S. The van der Waals surface area contributed by atoms with E-state index in [1.807, 2.05) is 36.6 Å². The summed E-state index contributed by atoms with van der Waals surface area (Å²) in [5.41, 5.74) is 2.07. The van der Waals surface area contributed by atoms with Gasteiger partial charge in [0.15, 0.2) is 5.78 Å². The summed E-state index contributed by atoms with van der Waals surface area (Å²) < 4.78 is 10.1. The SMILES string of the molecule is COCC(=O)COc1ccc(-c2nc(C)cs2)cc1. The minimum atomic E-state index is -0.0814. The summed E-state index contributed by atoms with van der Waals surface area (Å²) in [6.07, 6.45) is 0. The molecule has 19 heavy (non-hydrogen) atoms. The molecule has 0 saturated carbocycles. The maximum absolute atomic E-state index is 11.2. The predicted octanol–water partition coefficient (Wildman–Crippen LogP) is 2.71. The number of methoxy groups -OCH3 is 1. The average molecular weight is 277 g/mol. The second-order valence-electron chi connectivity index (χ2n) is 4.08. The highest BCUT2D eigenvalue weighted by Crippen LogP contribution is 2.25. The van der Waals surface area contributed by atoms with Gasteiger partial charge in [-0.05, 0) is 31.2 Å². The lowest BCUT2D eigenvalue weighted by atomic mass is 10.2. The number of aryl methyl sites for hydroxylation is 1. The van der Waals surface area contributed by atoms with Gasteiger partial charge in [0, 0.05) is 23.7 Å². The number of ketones is 1. The highest BCUT2D eigenvalue weighted by Gasteiger charge is 2.05. The lowest BCUT2D eigenvalue weighted by molar-refractivity contribution is -0.124. The average Bonchev–Trinajstić information content (AvgIpc) is 2.84. The smallest absolute Gasteiger partial charge is 0.195 e. The van der Waals surface area contributed by atoms with Gasteiger partial charge >= 0.3 is 0 Å². The molecule has 0 N–H and O–H groups in total. The topological polar surface area (TPSA) is 48.4 Å². The quantitative estimate of drug-likeness (QED) is 0.814. The molecular weight excluding hydrogens is 262 g/mol. The molecule has 100 valence electrons. The van der Waals surface area contributed by atoms with E-state index in [9.17, 15) is 4.79 Å². The molecule has 0 aliphatic carbocycles. The molecule has 2 rings (SSSR count). The zero-order valence-corrected chi connectivity index (χ0v) is 11.7. The zero-order chi connectivity index (χ0) is 13.7. The van der Waals surface area contributed by atoms with Gasteiger partial charge < -0.3 is 9.47 Å². The van der Waals surface area contributed by atoms with Crippen molar-refractivity contribution in [3.05, 3.63) is 35.3 Å². The van der Waals surface area contributed by atoms with Crippen LogP contribution in [0.25, 0.3) is 10.6 Å². The van der Waals surface area contributed by atoms with E-state index in [0.29, 0.717) is 5.75 Å². The molecule has 0 saturated heterocycles. The van der Waals surface area contributed by atoms with Crippen LogP contribution in [0.15, 0.2) is 29.6 Å². The Labute approximate surface area is 116 Å². The molecule has 0 amide bonds. The summed E-state index contributed by atoms with van der Waals surface area (Å²) in [7, 11) is 1.49. The Morgan fingerprint density at radius 3 is 2.58 bits per heavy atom. The molecule has 4 nitrogen and oxygen atoms in total. The van der Waals surface area contributed by atoms with Gasteiger partial charge in [-0.2, -0.15) is 0 Å². The molecule has 0 radical (unpaired) electrons. The van der Waals surface area contributed by atoms with Gasteiger partial charge in [0.05, 0.1) is 0 Å². The maximum atomic E-state index is 11.2. The number of nitrogens with zero attached hydrogens (tertiary/aromatic N) is 1. The molecule has 0 atom stereocenters. The Morgan fingerprint density at radius 1 is 1.26 bits per heavy atom. The van der Waals surface area contributed by atoms with Crippen LogP contribution >= 0.6 is 11.3 Å². The van der Waals surface area contributed by atoms with Crippen LogP contribution in [-0.2, 0) is 9.53 Å². The van der Waals surface area contributed by atoms with Crippen LogP contribution < -0.4 is 4.74 Å². The number of thiazole rings is 1. The number of benzene rings is 1. The summed E-state index contributed by atoms with van der Waals surface area (Å²) in [5.74, 6) is 0.587. The zero-order valence-electron chi connectivity index (χ0n) is 10.9. The van der Waals surface area contributed by atoms with Crippen molar-refractivity contribution in [3.8, 4) is 16.3 Å². The molecule has 0 aliphatic rings. The van der Waals surface area contributed by atoms with Crippen molar-refractivity contribution in [2.75, 3.05) is 20.3 Å². The van der Waals surface area contributed by atoms with Gasteiger partial charge in [0.25, 0.3) is 0 Å². The number of rotatable bonds is 6. The fourth-order valence-electron chi connectivity index (χ4n) is 1.55. The number of ether oxygens (including phenoxy) is 2. The standard InChI is InChI=1S/C14H15NO3S/c1-10-9-19-14(15-10)11-3-5-13(6-4-11)18-8-12(16)7-17-2/h3-6,9H,7-8H2,1-2H3. The normalized spacial score (nSPS) is 10.4. The Bertz CT molecular complexity index is 548. The van der Waals surface area contributed by atoms with Crippen molar-refractivity contribution in [1.82, 2.24) is 4.98 Å². The van der Waals surface area contributed by atoms with Crippen LogP contribution in [0.5, 0.6) is 5.75 Å². The minimum absolute atomic E-state index is 0.0313. The number of aromatic nitrogens is 1. The van der Waals surface area contributed by atoms with E-state index >= 15 is 0 Å². The number of carbonyl (C=O) groups is 1. The van der Waals surface area contributed by atoms with Crippen LogP contribution in [0.2, 0.25) is 0 Å². The second-order valence-corrected chi connectivity index (χ2v) is 4.94. The van der Waals surface area contributed by atoms with Crippen molar-refractivity contribution >= 4 is 17.1 Å². The van der Waals surface area contributed by atoms with E-state index in [2.05, 4.69) is 4.98 Å². The van der Waals surface area contributed by atoms with Gasteiger partial charge in [0.2, 0.25) is 0 Å². The van der Waals surface area contributed by atoms with E-state index < -0.39 is 0 Å². The van der Waals surface area contributed by atoms with E-state index in [-0.39, 0.29) is 19.0 Å². The van der Waals surface area contributed by atoms with Crippen molar-refractivity contribution in [1.29, 1.82) is 0 Å². The molecule has 0 spiro atoms. The van der Waals surface area contributed by atoms with Gasteiger partial charge in [-0.15, -0.1) is 11.3 Å². The highest BCUT2D eigenvalue weighted by molar-refractivity contribution is 7.13. The van der Waals surface area contributed by atoms with Crippen molar-refractivity contribution in [2.45, 2.75) is 6.92 Å². The molecule has 1 heterocycles. The van der Waals surface area contributed by atoms with Gasteiger partial charge in [0.1, 0.15) is 24.0 Å². The van der Waals surface area contributed by atoms with Crippen LogP contribution in [0.4, 0.5) is 0 Å². The lowest BCUT2D eigenvalue weighted by Crippen LogP contribution is -2.16. The van der Waals surface area contributed by atoms with Gasteiger partial charge in [-0.3, -0.25) is 4.79 Å². The van der Waals surface area contributed by atoms with Crippen LogP contribution in [0.1, 0.15) is 5.69 Å². The molecule has 0 aliphatic heterocycles. The summed E-state index contributed by atoms with van der Waals surface area (Å²) in [4.78, 5) is 15.7. The second kappa shape index (κ2) is 6.45. The summed E-state index contributed by atoms with van der Waals surface area (Å²) in [6.45, 7) is 2.08. The molecule has 0 unspecified atom stereocenters. The van der Waals surface area contributed by atoms with Crippen molar-refractivity contribution < 1.29 is 14.3 Å². The molecule has 0 fully saturated rings. The molecule has 2 aromatic rings. The summed E-state index contributed by atoms with van der Waals surface area (Å²) >= 11 is 1.61. The number of Topliss-reactive ketones (excluding diaryl/α,β-unsaturated/α-hetero) is 1. The number of hydrogen-bond donors (Lipinski definition) is 0. The number of carbonyl (C=O) groups excluding carboxylic acids is 1. The first-order chi connectivity index (χ1) is 9.19. The number of hydrogen-bond acceptors (Lipinski definition) is 5. The third kappa shape index (κ3) is 3.87. The Kier molecular flexibility index (Phi) is 4.65. The fraction of sp³-hybridized carbons (Fsp3) is 0.286. The summed E-state index contributed by atoms with van der Waals surface area (Å²) in [6, 6.07) is 7.56. The van der Waals surface area contributed by atoms with Gasteiger partial charge in [-0.1, -0.05) is 0 Å². The monoisotopic (exact) mass is 277 g/mol. The van der Waals surface area contributed by atoms with E-state index in [1.165, 1.54) is 7.11 Å². The van der Waals surface area contributed by atoms with E-state index in [4.69, 9.17) is 9.47 Å². The van der Waals surface area contributed by atoms with E-state index in [0.717, 1.165) is 16.3 Å². The highest BCUT2D eigenvalue weighted by atomic mass is 32.1. The minimum Gasteiger partial charge on any atom is -0.486 e. The molecule has 1 aromatic carbocycles. The maximum Gasteiger partial charge on any atom is 0.195 e. The Hall–Kier alpha value is -1.72. The van der Waals surface area contributed by atoms with Crippen LogP contribution in [0, 0.1) is 6.92 Å². The van der Waals surface area contributed by atoms with Crippen LogP contribution in [0.3, 0.4) is 0 Å². The predicted molar refractivity (Wildman–Crippen MR) is 74.7 cm³/mol. The van der Waals surface area contributed by atoms with Gasteiger partial charge in [-0.25, -0.2) is 4.98 Å². The summed E-state index contributed by atoms with van der Waals surface area (Å²) in [5, 5.41) is 3.00. The first kappa shape index (κ1) is 13.7. The first-order valence-corrected chi connectivity index (χ1v) is 6.73. The molecule has 1 aromatic heterocycles. The molecule has 0 bridgehead atoms. The third-order valence-electron chi connectivity index (χ3n) is 2.43. The molecule has 5 heteroatoms. The lowest BCUT2D eigenvalue weighted by Gasteiger charge is -2.05. The Morgan fingerprint density at radius 2 is 2.00 bits per heavy atom. The van der Waals surface area contributed by atoms with Crippen LogP contribution in [-0.4, -0.2) is 31.1 Å². The van der Waals surface area contributed by atoms with Crippen molar-refractivity contribution in [3.63, 3.8) is 0 Å². The first-order valence-electron chi connectivity index (χ1n) is 5.85. The van der Waals surface area contributed by atoms with Crippen molar-refractivity contribution in [2.24, 2.45) is 0 Å². The largest absolute Gasteiger partial charge is 0.486 e. The fourth-order valence-corrected chi connectivity index (χ4v) is 2.35. The van der Waals surface area contributed by atoms with E-state index in [1.54, 1.807) is 11.3 Å².